The largest absolute Gasteiger partial charge is 0.511 e. The van der Waals surface area contributed by atoms with Crippen LogP contribution in [0.25, 0.3) is 6.08 Å². The molecule has 1 aromatic carbocycles. The van der Waals surface area contributed by atoms with Crippen LogP contribution in [0.2, 0.25) is 0 Å². The third kappa shape index (κ3) is 7.26. The predicted molar refractivity (Wildman–Crippen MR) is 105 cm³/mol. The zero-order valence-electron chi connectivity index (χ0n) is 18.1. The second-order valence-electron chi connectivity index (χ2n) is 7.25. The molecule has 0 saturated heterocycles. The molecular formula is C20H22F3NO9. The number of hydrogen-bond acceptors (Lipinski definition) is 9. The minimum Gasteiger partial charge on any atom is -0.475 e. The Bertz CT molecular complexity index is 945. The van der Waals surface area contributed by atoms with Gasteiger partial charge in [0.15, 0.2) is 0 Å². The number of esters is 1. The van der Waals surface area contributed by atoms with E-state index in [1.165, 1.54) is 6.92 Å². The van der Waals surface area contributed by atoms with E-state index in [0.29, 0.717) is 5.56 Å². The normalized spacial score (nSPS) is 16.9. The van der Waals surface area contributed by atoms with E-state index >= 15 is 0 Å². The topological polar surface area (TPSA) is 123 Å². The van der Waals surface area contributed by atoms with Crippen LogP contribution in [0.15, 0.2) is 17.7 Å². The van der Waals surface area contributed by atoms with Gasteiger partial charge in [-0.2, -0.15) is 13.2 Å². The number of carbonyl (C=O) groups is 2. The van der Waals surface area contributed by atoms with Crippen molar-refractivity contribution in [2.75, 3.05) is 6.61 Å². The standard InChI is InChI=1S/C20H22F3NO9/c1-10-7-11(2)16-14(8-10)9-15(17(33-16)20(21,22)23)18(25)31-13(4)32-19(26)30-12(3)5-6-29-24(27)28/h7-9,12-13,17H,5-6H2,1-4H3/t12-,13?,17?/m0/s1. The number of halogens is 3. The predicted octanol–water partition coefficient (Wildman–Crippen LogP) is 4.04. The summed E-state index contributed by atoms with van der Waals surface area (Å²) in [6.07, 6.45) is -10.2. The van der Waals surface area contributed by atoms with Gasteiger partial charge in [0, 0.05) is 18.9 Å². The first-order valence-electron chi connectivity index (χ1n) is 9.69. The van der Waals surface area contributed by atoms with Crippen molar-refractivity contribution in [3.63, 3.8) is 0 Å². The van der Waals surface area contributed by atoms with Crippen LogP contribution in [0.5, 0.6) is 5.75 Å². The summed E-state index contributed by atoms with van der Waals surface area (Å²) in [5.74, 6) is -1.39. The molecule has 0 aromatic heterocycles. The number of rotatable bonds is 8. The molecule has 0 amide bonds. The van der Waals surface area contributed by atoms with Gasteiger partial charge < -0.3 is 23.8 Å². The van der Waals surface area contributed by atoms with Gasteiger partial charge in [-0.05, 0) is 38.5 Å². The van der Waals surface area contributed by atoms with Crippen LogP contribution >= 0.6 is 0 Å². The Morgan fingerprint density at radius 3 is 2.45 bits per heavy atom. The number of alkyl halides is 3. The molecule has 0 spiro atoms. The summed E-state index contributed by atoms with van der Waals surface area (Å²) in [4.78, 5) is 38.4. The molecule has 0 fully saturated rings. The molecule has 0 N–H and O–H groups in total. The molecule has 0 bridgehead atoms. The lowest BCUT2D eigenvalue weighted by Gasteiger charge is -2.29. The van der Waals surface area contributed by atoms with Crippen LogP contribution in [-0.2, 0) is 23.8 Å². The van der Waals surface area contributed by atoms with Gasteiger partial charge in [0.05, 0.1) is 12.2 Å². The molecule has 1 aromatic rings. The van der Waals surface area contributed by atoms with E-state index in [1.54, 1.807) is 26.0 Å². The number of benzene rings is 1. The highest BCUT2D eigenvalue weighted by atomic mass is 19.4. The molecule has 182 valence electrons. The Morgan fingerprint density at radius 1 is 1.18 bits per heavy atom. The smallest absolute Gasteiger partial charge is 0.475 e. The third-order valence-corrected chi connectivity index (χ3v) is 4.36. The molecule has 33 heavy (non-hydrogen) atoms. The molecule has 0 aliphatic carbocycles. The number of carbonyl (C=O) groups excluding carboxylic acids is 2. The average Bonchev–Trinajstić information content (AvgIpc) is 2.65. The number of aryl methyl sites for hydroxylation is 2. The van der Waals surface area contributed by atoms with Crippen molar-refractivity contribution in [2.45, 2.75) is 58.8 Å². The second kappa shape index (κ2) is 10.4. The summed E-state index contributed by atoms with van der Waals surface area (Å²) in [5, 5.41) is 9.08. The molecule has 10 nitrogen and oxygen atoms in total. The maximum Gasteiger partial charge on any atom is 0.511 e. The lowest BCUT2D eigenvalue weighted by Crippen LogP contribution is -2.41. The third-order valence-electron chi connectivity index (χ3n) is 4.36. The first kappa shape index (κ1) is 25.7. The SMILES string of the molecule is Cc1cc(C)c2c(c1)C=C(C(=O)OC(C)OC(=O)O[C@@H](C)CCO[N+](=O)[O-])C(C(F)(F)F)O2. The van der Waals surface area contributed by atoms with Gasteiger partial charge in [0.2, 0.25) is 12.4 Å². The minimum atomic E-state index is -4.91. The van der Waals surface area contributed by atoms with Crippen molar-refractivity contribution in [2.24, 2.45) is 0 Å². The lowest BCUT2D eigenvalue weighted by atomic mass is 9.97. The molecule has 3 atom stereocenters. The Hall–Kier alpha value is -3.51. The molecule has 0 saturated carbocycles. The summed E-state index contributed by atoms with van der Waals surface area (Å²) in [7, 11) is 0. The van der Waals surface area contributed by atoms with Crippen molar-refractivity contribution in [1.29, 1.82) is 0 Å². The highest BCUT2D eigenvalue weighted by Crippen LogP contribution is 2.39. The number of ether oxygens (including phenoxy) is 4. The van der Waals surface area contributed by atoms with Crippen LogP contribution in [0, 0.1) is 24.0 Å². The van der Waals surface area contributed by atoms with E-state index in [2.05, 4.69) is 4.84 Å². The maximum atomic E-state index is 13.6. The highest BCUT2D eigenvalue weighted by molar-refractivity contribution is 5.96. The number of hydrogen-bond donors (Lipinski definition) is 0. The fourth-order valence-electron chi connectivity index (χ4n) is 3.01. The molecule has 0 radical (unpaired) electrons. The van der Waals surface area contributed by atoms with E-state index < -0.39 is 47.5 Å². The van der Waals surface area contributed by atoms with Gasteiger partial charge in [-0.25, -0.2) is 9.59 Å². The summed E-state index contributed by atoms with van der Waals surface area (Å²) in [6, 6.07) is 3.21. The minimum absolute atomic E-state index is 0.00222. The Labute approximate surface area is 186 Å². The van der Waals surface area contributed by atoms with Crippen LogP contribution in [-0.4, -0.2) is 48.5 Å². The van der Waals surface area contributed by atoms with Crippen LogP contribution in [0.1, 0.15) is 37.0 Å². The Kier molecular flexibility index (Phi) is 8.12. The second-order valence-corrected chi connectivity index (χ2v) is 7.25. The molecule has 1 aliphatic heterocycles. The molecule has 2 rings (SSSR count). The first-order valence-corrected chi connectivity index (χ1v) is 9.69. The van der Waals surface area contributed by atoms with Gasteiger partial charge >= 0.3 is 18.3 Å². The zero-order valence-corrected chi connectivity index (χ0v) is 18.1. The van der Waals surface area contributed by atoms with Crippen LogP contribution in [0.3, 0.4) is 0 Å². The van der Waals surface area contributed by atoms with Crippen molar-refractivity contribution in [3.8, 4) is 5.75 Å². The fourth-order valence-corrected chi connectivity index (χ4v) is 3.01. The van der Waals surface area contributed by atoms with Gasteiger partial charge in [-0.3, -0.25) is 0 Å². The molecule has 1 aliphatic rings. The Balaban J connectivity index is 2.06. The number of nitrogens with zero attached hydrogens (tertiary/aromatic N) is 1. The van der Waals surface area contributed by atoms with Crippen LogP contribution in [0.4, 0.5) is 18.0 Å². The van der Waals surface area contributed by atoms with Gasteiger partial charge in [0.1, 0.15) is 11.9 Å². The zero-order chi connectivity index (χ0) is 24.9. The fraction of sp³-hybridized carbons (Fsp3) is 0.500. The summed E-state index contributed by atoms with van der Waals surface area (Å²) in [5.41, 5.74) is 0.689. The highest BCUT2D eigenvalue weighted by Gasteiger charge is 2.49. The monoisotopic (exact) mass is 477 g/mol. The van der Waals surface area contributed by atoms with Crippen molar-refractivity contribution >= 4 is 18.2 Å². The molecule has 13 heteroatoms. The van der Waals surface area contributed by atoms with Gasteiger partial charge in [-0.1, -0.05) is 11.6 Å². The van der Waals surface area contributed by atoms with E-state index in [4.69, 9.17) is 18.9 Å². The maximum absolute atomic E-state index is 13.6. The summed E-state index contributed by atoms with van der Waals surface area (Å²) in [6.45, 7) is 5.50. The van der Waals surface area contributed by atoms with E-state index in [-0.39, 0.29) is 24.3 Å². The van der Waals surface area contributed by atoms with Crippen molar-refractivity contribution in [3.05, 3.63) is 44.5 Å². The van der Waals surface area contributed by atoms with E-state index in [0.717, 1.165) is 18.6 Å². The number of fused-ring (bicyclic) bond motifs is 1. The quantitative estimate of drug-likeness (QED) is 0.236. The first-order chi connectivity index (χ1) is 15.3. The molecular weight excluding hydrogens is 455 g/mol. The van der Waals surface area contributed by atoms with E-state index in [1.807, 2.05) is 0 Å². The molecule has 2 unspecified atom stereocenters. The van der Waals surface area contributed by atoms with Crippen LogP contribution < -0.4 is 4.74 Å². The van der Waals surface area contributed by atoms with Crippen molar-refractivity contribution in [1.82, 2.24) is 0 Å². The summed E-state index contributed by atoms with van der Waals surface area (Å²) >= 11 is 0. The summed E-state index contributed by atoms with van der Waals surface area (Å²) < 4.78 is 60.1. The van der Waals surface area contributed by atoms with Gasteiger partial charge in [-0.15, -0.1) is 10.1 Å². The molecule has 1 heterocycles. The van der Waals surface area contributed by atoms with Gasteiger partial charge in [0.25, 0.3) is 5.09 Å². The Morgan fingerprint density at radius 2 is 1.85 bits per heavy atom. The average molecular weight is 477 g/mol. The van der Waals surface area contributed by atoms with E-state index in [9.17, 15) is 32.9 Å². The van der Waals surface area contributed by atoms with Crippen molar-refractivity contribution < 1.29 is 51.6 Å². The lowest BCUT2D eigenvalue weighted by molar-refractivity contribution is -0.758.